The summed E-state index contributed by atoms with van der Waals surface area (Å²) in [5.74, 6) is 0.893. The molecule has 0 radical (unpaired) electrons. The van der Waals surface area contributed by atoms with Crippen molar-refractivity contribution < 1.29 is 51.9 Å². The third-order valence-electron chi connectivity index (χ3n) is 15.5. The molecular formula is C69H69Cl2FN2O10SSi. The van der Waals surface area contributed by atoms with Crippen molar-refractivity contribution in [1.82, 2.24) is 9.97 Å². The van der Waals surface area contributed by atoms with Gasteiger partial charge in [0.15, 0.2) is 5.75 Å². The molecule has 0 saturated heterocycles. The van der Waals surface area contributed by atoms with Gasteiger partial charge in [0.1, 0.15) is 58.3 Å². The van der Waals surface area contributed by atoms with Crippen molar-refractivity contribution in [3.8, 4) is 56.2 Å². The van der Waals surface area contributed by atoms with E-state index in [-0.39, 0.29) is 59.6 Å². The molecule has 1 N–H and O–H groups in total. The average Bonchev–Trinajstić information content (AvgIpc) is 2.52. The Labute approximate surface area is 517 Å². The van der Waals surface area contributed by atoms with Gasteiger partial charge in [-0.1, -0.05) is 147 Å². The van der Waals surface area contributed by atoms with Gasteiger partial charge in [0.05, 0.1) is 49.5 Å². The maximum atomic E-state index is 14.7. The van der Waals surface area contributed by atoms with Crippen molar-refractivity contribution in [2.75, 3.05) is 34.0 Å². The first kappa shape index (κ1) is 62.8. The number of aliphatic carboxylic acids is 1. The number of hydrogen-bond donors (Lipinski definition) is 1. The van der Waals surface area contributed by atoms with Crippen molar-refractivity contribution in [3.05, 3.63) is 225 Å². The second-order valence-corrected chi connectivity index (χ2v) is 28.7. The van der Waals surface area contributed by atoms with Crippen LogP contribution in [0.1, 0.15) is 59.7 Å². The molecule has 446 valence electrons. The fraction of sp³-hybridized carbons (Fsp3) is 0.261. The molecule has 17 heteroatoms. The Kier molecular flexibility index (Phi) is 19.9. The molecule has 2 atom stereocenters. The second kappa shape index (κ2) is 27.3. The quantitative estimate of drug-likeness (QED) is 0.0239. The number of hydrogen-bond acceptors (Lipinski definition) is 12. The van der Waals surface area contributed by atoms with E-state index < -0.39 is 37.9 Å². The molecule has 2 aromatic heterocycles. The monoisotopic (exact) mass is 1230 g/mol. The molecule has 0 amide bonds. The summed E-state index contributed by atoms with van der Waals surface area (Å²) in [7, 11) is 0.902. The van der Waals surface area contributed by atoms with Gasteiger partial charge in [0.25, 0.3) is 0 Å². The number of aromatic nitrogens is 2. The lowest BCUT2D eigenvalue weighted by Gasteiger charge is -2.37. The van der Waals surface area contributed by atoms with Crippen LogP contribution in [0.25, 0.3) is 31.8 Å². The number of benzene rings is 7. The van der Waals surface area contributed by atoms with E-state index in [1.807, 2.05) is 141 Å². The Balaban J connectivity index is 1.13. The minimum absolute atomic E-state index is 0.0129. The molecule has 0 aliphatic heterocycles. The van der Waals surface area contributed by atoms with Crippen molar-refractivity contribution in [1.29, 1.82) is 0 Å². The molecule has 12 nitrogen and oxygen atoms in total. The van der Waals surface area contributed by atoms with E-state index in [1.165, 1.54) is 29.8 Å². The van der Waals surface area contributed by atoms with Crippen LogP contribution in [0.5, 0.6) is 34.6 Å². The molecule has 2 heterocycles. The summed E-state index contributed by atoms with van der Waals surface area (Å²) in [5, 5.41) is 11.7. The Hall–Kier alpha value is -7.76. The summed E-state index contributed by atoms with van der Waals surface area (Å²) >= 11 is 16.5. The van der Waals surface area contributed by atoms with Gasteiger partial charge in [-0.3, -0.25) is 0 Å². The lowest BCUT2D eigenvalue weighted by atomic mass is 9.80. The number of fused-ring (bicyclic) bond motifs is 1. The van der Waals surface area contributed by atoms with E-state index in [1.54, 1.807) is 32.4 Å². The molecule has 0 fully saturated rings. The number of halogens is 3. The molecule has 0 aliphatic rings. The number of ether oxygens (including phenoxy) is 7. The van der Waals surface area contributed by atoms with Crippen molar-refractivity contribution in [2.45, 2.75) is 83.6 Å². The van der Waals surface area contributed by atoms with E-state index in [4.69, 9.17) is 65.8 Å². The predicted molar refractivity (Wildman–Crippen MR) is 342 cm³/mol. The number of carbonyl (C=O) groups is 1. The third kappa shape index (κ3) is 13.7. The Morgan fingerprint density at radius 2 is 1.33 bits per heavy atom. The highest BCUT2D eigenvalue weighted by atomic mass is 35.5. The zero-order valence-corrected chi connectivity index (χ0v) is 52.9. The van der Waals surface area contributed by atoms with Crippen LogP contribution >= 0.6 is 34.5 Å². The minimum atomic E-state index is -2.34. The highest BCUT2D eigenvalue weighted by molar-refractivity contribution is 7.22. The van der Waals surface area contributed by atoms with E-state index in [0.717, 1.165) is 22.3 Å². The number of nitrogens with zero attached hydrogens (tertiary/aromatic N) is 2. The molecule has 7 aromatic carbocycles. The summed E-state index contributed by atoms with van der Waals surface area (Å²) < 4.78 is 66.1. The maximum Gasteiger partial charge on any atom is 0.345 e. The van der Waals surface area contributed by atoms with Gasteiger partial charge in [-0.2, -0.15) is 0 Å². The van der Waals surface area contributed by atoms with E-state index >= 15 is 0 Å². The summed E-state index contributed by atoms with van der Waals surface area (Å²) in [5.41, 5.74) is 5.62. The summed E-state index contributed by atoms with van der Waals surface area (Å²) in [4.78, 5) is 24.1. The Morgan fingerprint density at radius 1 is 0.744 bits per heavy atom. The van der Waals surface area contributed by atoms with Gasteiger partial charge >= 0.3 is 5.97 Å². The van der Waals surface area contributed by atoms with E-state index in [0.29, 0.717) is 71.5 Å². The first-order chi connectivity index (χ1) is 41.3. The minimum Gasteiger partial charge on any atom is -0.543 e. The predicted octanol–water partition coefficient (Wildman–Crippen LogP) is 17.1. The largest absolute Gasteiger partial charge is 0.543 e. The van der Waals surface area contributed by atoms with Crippen LogP contribution in [-0.4, -0.2) is 75.6 Å². The lowest BCUT2D eigenvalue weighted by Crippen LogP contribution is -2.43. The highest BCUT2D eigenvalue weighted by Crippen LogP contribution is 2.53. The number of thiophene rings is 1. The number of methoxy groups -OCH3 is 2. The van der Waals surface area contributed by atoms with Crippen molar-refractivity contribution in [2.24, 2.45) is 0 Å². The third-order valence-corrected chi connectivity index (χ3v) is 21.9. The normalized spacial score (nSPS) is 12.6. The standard InChI is InChI=1S/C69H69Cl2FN2O10SSi/c1-11-36-79-40-55(41-81-69(48-20-16-13-17-21-48,49-24-30-52(77-7)31-25-49)50-26-32-53(78-8)33-27-50)82-63-61(70)43(2)58(44(3)62(63)71)59-60-65(73-42-74-66(60)85-64(59)46-22-28-51(72)29-23-46)83-57(67(75)76)38-47-37-54(84-86(9,10)68(4,5)6)34-35-56(47)80-39-45-18-14-12-15-19-45/h11-35,37,42,55,57H,1,36,38-41H2,2-10H3,(H,75,76)/t55-,57-/m1/s1. The van der Waals surface area contributed by atoms with Crippen LogP contribution in [-0.2, 0) is 32.9 Å². The van der Waals surface area contributed by atoms with Crippen LogP contribution in [0.4, 0.5) is 4.39 Å². The van der Waals surface area contributed by atoms with Gasteiger partial charge in [0.2, 0.25) is 20.3 Å². The molecule has 0 unspecified atom stereocenters. The van der Waals surface area contributed by atoms with Crippen LogP contribution in [0, 0.1) is 19.7 Å². The smallest absolute Gasteiger partial charge is 0.345 e. The van der Waals surface area contributed by atoms with Crippen molar-refractivity contribution in [3.63, 3.8) is 0 Å². The molecule has 0 aliphatic carbocycles. The van der Waals surface area contributed by atoms with Gasteiger partial charge in [-0.05, 0) is 131 Å². The zero-order valence-electron chi connectivity index (χ0n) is 49.5. The van der Waals surface area contributed by atoms with E-state index in [9.17, 15) is 14.3 Å². The summed E-state index contributed by atoms with van der Waals surface area (Å²) in [6.45, 7) is 18.8. The Bertz CT molecular complexity index is 3730. The van der Waals surface area contributed by atoms with Crippen LogP contribution in [0.3, 0.4) is 0 Å². The van der Waals surface area contributed by atoms with Gasteiger partial charge in [0, 0.05) is 22.4 Å². The van der Waals surface area contributed by atoms with Crippen LogP contribution in [0.2, 0.25) is 28.2 Å². The molecule has 0 bridgehead atoms. The van der Waals surface area contributed by atoms with Crippen molar-refractivity contribution >= 4 is 59.0 Å². The van der Waals surface area contributed by atoms with Gasteiger partial charge in [-0.25, -0.2) is 19.2 Å². The zero-order chi connectivity index (χ0) is 61.3. The fourth-order valence-electron chi connectivity index (χ4n) is 9.93. The van der Waals surface area contributed by atoms with Gasteiger partial charge < -0.3 is 42.7 Å². The molecule has 0 spiro atoms. The highest BCUT2D eigenvalue weighted by Gasteiger charge is 2.41. The van der Waals surface area contributed by atoms with Crippen LogP contribution < -0.4 is 28.1 Å². The second-order valence-electron chi connectivity index (χ2n) is 22.2. The van der Waals surface area contributed by atoms with Crippen LogP contribution in [0.15, 0.2) is 171 Å². The summed E-state index contributed by atoms with van der Waals surface area (Å²) in [6.07, 6.45) is 0.517. The SMILES string of the molecule is C=CCOC[C@H](COC(c1ccccc1)(c1ccc(OC)cc1)c1ccc(OC)cc1)Oc1c(Cl)c(C)c(-c2c(-c3ccc(F)cc3)sc3ncnc(O[C@H](Cc4cc(O[Si](C)(C)C(C)(C)C)ccc4OCc4ccccc4)C(=O)O)c23)c(C)c1Cl. The molecule has 86 heavy (non-hydrogen) atoms. The molecular weight excluding hydrogens is 1170 g/mol. The summed E-state index contributed by atoms with van der Waals surface area (Å²) in [6, 6.07) is 46.7. The first-order valence-corrected chi connectivity index (χ1v) is 32.5. The maximum absolute atomic E-state index is 14.7. The Morgan fingerprint density at radius 3 is 1.90 bits per heavy atom. The topological polar surface area (TPSA) is 137 Å². The average molecular weight is 1240 g/mol. The molecule has 0 saturated carbocycles. The van der Waals surface area contributed by atoms with E-state index in [2.05, 4.69) is 45.4 Å². The van der Waals surface area contributed by atoms with Gasteiger partial charge in [-0.15, -0.1) is 17.9 Å². The number of carboxylic acids is 1. The molecule has 9 rings (SSSR count). The lowest BCUT2D eigenvalue weighted by molar-refractivity contribution is -0.145. The first-order valence-electron chi connectivity index (χ1n) is 28.0. The number of rotatable bonds is 26. The fourth-order valence-corrected chi connectivity index (χ4v) is 12.6. The number of carboxylic acid groups (broad SMARTS) is 1. The molecule has 9 aromatic rings.